The first kappa shape index (κ1) is 26.8. The van der Waals surface area contributed by atoms with E-state index in [4.69, 9.17) is 9.47 Å². The number of ether oxygens (including phenoxy) is 2. The molecule has 0 heterocycles. The molecule has 0 N–H and O–H groups in total. The number of alkyl halides is 3. The number of hydrogen-bond acceptors (Lipinski definition) is 2. The molecule has 1 atom stereocenters. The molecule has 7 rings (SSSR count). The summed E-state index contributed by atoms with van der Waals surface area (Å²) in [5.41, 5.74) is -0.754. The van der Waals surface area contributed by atoms with Gasteiger partial charge in [-0.05, 0) is 92.2 Å². The zero-order valence-electron chi connectivity index (χ0n) is 22.4. The molecule has 4 bridgehead atoms. The fraction of sp³-hybridized carbons (Fsp3) is 0.455. The predicted octanol–water partition coefficient (Wildman–Crippen LogP) is 9.00. The maximum absolute atomic E-state index is 14.3. The van der Waals surface area contributed by atoms with E-state index in [0.29, 0.717) is 11.8 Å². The summed E-state index contributed by atoms with van der Waals surface area (Å²) < 4.78 is 55.7. The third-order valence-corrected chi connectivity index (χ3v) is 10.9. The van der Waals surface area contributed by atoms with Gasteiger partial charge in [-0.1, -0.05) is 50.2 Å². The van der Waals surface area contributed by atoms with Crippen LogP contribution in [0.5, 0.6) is 5.75 Å². The maximum atomic E-state index is 14.3. The largest absolute Gasteiger partial charge is 0.464 e. The van der Waals surface area contributed by atoms with Crippen LogP contribution in [0.4, 0.5) is 13.2 Å². The Bertz CT molecular complexity index is 1190. The van der Waals surface area contributed by atoms with E-state index >= 15 is 0 Å². The molecule has 0 radical (unpaired) electrons. The molecule has 4 aliphatic rings. The average molecular weight is 554 g/mol. The molecule has 0 aromatic heterocycles. The molecule has 4 fully saturated rings. The molecule has 206 valence electrons. The smallest absolute Gasteiger partial charge is 0.419 e. The van der Waals surface area contributed by atoms with Gasteiger partial charge >= 0.3 is 6.18 Å². The maximum Gasteiger partial charge on any atom is 0.419 e. The highest BCUT2D eigenvalue weighted by molar-refractivity contribution is 7.97. The van der Waals surface area contributed by atoms with E-state index in [9.17, 15) is 13.2 Å². The van der Waals surface area contributed by atoms with E-state index in [2.05, 4.69) is 0 Å². The Labute approximate surface area is 232 Å². The fourth-order valence-corrected chi connectivity index (χ4v) is 9.29. The van der Waals surface area contributed by atoms with Crippen molar-refractivity contribution in [3.05, 3.63) is 84.4 Å². The van der Waals surface area contributed by atoms with Crippen LogP contribution in [0.25, 0.3) is 0 Å². The van der Waals surface area contributed by atoms with Crippen LogP contribution in [0.2, 0.25) is 0 Å². The highest BCUT2D eigenvalue weighted by atomic mass is 32.2. The van der Waals surface area contributed by atoms with Gasteiger partial charge in [-0.15, -0.1) is 0 Å². The first-order valence-corrected chi connectivity index (χ1v) is 15.4. The van der Waals surface area contributed by atoms with Crippen LogP contribution in [-0.4, -0.2) is 12.4 Å². The molecule has 3 aromatic carbocycles. The summed E-state index contributed by atoms with van der Waals surface area (Å²) in [6.07, 6.45) is 0.883. The van der Waals surface area contributed by atoms with Crippen molar-refractivity contribution in [2.45, 2.75) is 79.2 Å². The summed E-state index contributed by atoms with van der Waals surface area (Å²) in [5.74, 6) is 2.37. The molecule has 4 saturated carbocycles. The Morgan fingerprint density at radius 1 is 0.718 bits per heavy atom. The topological polar surface area (TPSA) is 18.5 Å². The lowest BCUT2D eigenvalue weighted by Crippen LogP contribution is -2.51. The molecule has 0 amide bonds. The molecule has 39 heavy (non-hydrogen) atoms. The molecular formula is C33H36F3O2S+. The van der Waals surface area contributed by atoms with Gasteiger partial charge in [-0.3, -0.25) is 0 Å². The number of halogens is 3. The molecule has 6 heteroatoms. The first-order chi connectivity index (χ1) is 18.8. The second-order valence-electron chi connectivity index (χ2n) is 11.8. The lowest BCUT2D eigenvalue weighted by atomic mass is 9.55. The summed E-state index contributed by atoms with van der Waals surface area (Å²) >= 11 is 0. The van der Waals surface area contributed by atoms with Crippen molar-refractivity contribution >= 4 is 10.9 Å². The molecular weight excluding hydrogens is 517 g/mol. The Hall–Kier alpha value is -2.44. The summed E-state index contributed by atoms with van der Waals surface area (Å²) in [6.45, 7) is 3.94. The normalized spacial score (nSPS) is 26.8. The van der Waals surface area contributed by atoms with Crippen molar-refractivity contribution in [1.82, 2.24) is 0 Å². The third-order valence-electron chi connectivity index (χ3n) is 8.67. The minimum Gasteiger partial charge on any atom is -0.464 e. The Kier molecular flexibility index (Phi) is 7.45. The van der Waals surface area contributed by atoms with E-state index in [0.717, 1.165) is 26.5 Å². The number of hydrogen-bond donors (Lipinski definition) is 0. The summed E-state index contributed by atoms with van der Waals surface area (Å²) in [4.78, 5) is 2.87. The molecule has 2 nitrogen and oxygen atoms in total. The summed E-state index contributed by atoms with van der Waals surface area (Å²) in [6, 6.07) is 24.3. The van der Waals surface area contributed by atoms with Gasteiger partial charge < -0.3 is 9.47 Å². The number of benzene rings is 3. The van der Waals surface area contributed by atoms with Gasteiger partial charge in [-0.2, -0.15) is 13.2 Å². The molecule has 0 aliphatic heterocycles. The number of rotatable bonds is 8. The lowest BCUT2D eigenvalue weighted by Gasteiger charge is -2.54. The standard InChI is InChI=1S/C33H36F3O2S/c1-21(2)32(38-31-24-16-22-15-23(18-24)19-25(31)17-22)37-30-20-28(13-14-29(30)33(34,35)36)39(26-9-5-3-6-10-26)27-11-7-4-8-12-27/h3-14,20-25,31-32H,15-19H2,1-2H3/q+1. The van der Waals surface area contributed by atoms with Crippen LogP contribution in [-0.2, 0) is 21.8 Å². The van der Waals surface area contributed by atoms with Crippen molar-refractivity contribution in [3.8, 4) is 5.75 Å². The highest BCUT2D eigenvalue weighted by Gasteiger charge is 2.50. The van der Waals surface area contributed by atoms with Gasteiger partial charge in [0.25, 0.3) is 0 Å². The zero-order chi connectivity index (χ0) is 27.1. The van der Waals surface area contributed by atoms with Gasteiger partial charge in [0.05, 0.1) is 22.6 Å². The molecule has 1 unspecified atom stereocenters. The Morgan fingerprint density at radius 2 is 1.26 bits per heavy atom. The quantitative estimate of drug-likeness (QED) is 0.205. The van der Waals surface area contributed by atoms with Gasteiger partial charge in [0, 0.05) is 12.0 Å². The summed E-state index contributed by atoms with van der Waals surface area (Å²) in [7, 11) is -0.583. The molecule has 3 aromatic rings. The lowest BCUT2D eigenvalue weighted by molar-refractivity contribution is -0.212. The average Bonchev–Trinajstić information content (AvgIpc) is 2.90. The Morgan fingerprint density at radius 3 is 1.74 bits per heavy atom. The van der Waals surface area contributed by atoms with Gasteiger partial charge in [0.15, 0.2) is 14.7 Å². The molecule has 0 saturated heterocycles. The van der Waals surface area contributed by atoms with Crippen LogP contribution < -0.4 is 4.74 Å². The van der Waals surface area contributed by atoms with Crippen molar-refractivity contribution < 1.29 is 22.6 Å². The first-order valence-electron chi connectivity index (χ1n) is 14.1. The van der Waals surface area contributed by atoms with Crippen LogP contribution >= 0.6 is 0 Å². The van der Waals surface area contributed by atoms with E-state index in [1.54, 1.807) is 12.1 Å². The van der Waals surface area contributed by atoms with Crippen LogP contribution in [0, 0.1) is 29.6 Å². The van der Waals surface area contributed by atoms with Gasteiger partial charge in [-0.25, -0.2) is 0 Å². The highest BCUT2D eigenvalue weighted by Crippen LogP contribution is 2.55. The third kappa shape index (κ3) is 5.60. The minimum atomic E-state index is -4.53. The molecule has 0 spiro atoms. The zero-order valence-corrected chi connectivity index (χ0v) is 23.3. The van der Waals surface area contributed by atoms with Gasteiger partial charge in [0.1, 0.15) is 5.75 Å². The monoisotopic (exact) mass is 553 g/mol. The van der Waals surface area contributed by atoms with Crippen LogP contribution in [0.15, 0.2) is 93.5 Å². The SMILES string of the molecule is CC(C)C(Oc1cc([S+](c2ccccc2)c2ccccc2)ccc1C(F)(F)F)OC1C2CC3CC(C2)CC1C3. The van der Waals surface area contributed by atoms with Crippen molar-refractivity contribution in [1.29, 1.82) is 0 Å². The second kappa shape index (κ2) is 10.9. The fourth-order valence-electron chi connectivity index (χ4n) is 7.18. The second-order valence-corrected chi connectivity index (χ2v) is 13.9. The predicted molar refractivity (Wildman–Crippen MR) is 148 cm³/mol. The van der Waals surface area contributed by atoms with E-state index < -0.39 is 28.9 Å². The summed E-state index contributed by atoms with van der Waals surface area (Å²) in [5, 5.41) is 0. The van der Waals surface area contributed by atoms with Crippen molar-refractivity contribution in [2.24, 2.45) is 29.6 Å². The van der Waals surface area contributed by atoms with Gasteiger partial charge in [0.2, 0.25) is 6.29 Å². The van der Waals surface area contributed by atoms with E-state index in [1.165, 1.54) is 38.2 Å². The van der Waals surface area contributed by atoms with E-state index in [1.807, 2.05) is 74.5 Å². The van der Waals surface area contributed by atoms with Crippen LogP contribution in [0.3, 0.4) is 0 Å². The van der Waals surface area contributed by atoms with E-state index in [-0.39, 0.29) is 17.8 Å². The molecule has 4 aliphatic carbocycles. The van der Waals surface area contributed by atoms with Crippen LogP contribution in [0.1, 0.15) is 51.5 Å². The van der Waals surface area contributed by atoms with Crippen molar-refractivity contribution in [3.63, 3.8) is 0 Å². The van der Waals surface area contributed by atoms with Crippen molar-refractivity contribution in [2.75, 3.05) is 0 Å². The Balaban J connectivity index is 1.34. The minimum absolute atomic E-state index is 0.0750.